The lowest BCUT2D eigenvalue weighted by Crippen LogP contribution is -2.15. The lowest BCUT2D eigenvalue weighted by atomic mass is 9.78. The molecule has 1 saturated carbocycles. The first-order valence-corrected chi connectivity index (χ1v) is 10.1. The van der Waals surface area contributed by atoms with Gasteiger partial charge in [-0.05, 0) is 43.7 Å². The minimum Gasteiger partial charge on any atom is -0.155 e. The Morgan fingerprint density at radius 1 is 0.840 bits per heavy atom. The fraction of sp³-hybridized carbons (Fsp3) is 0.565. The fourth-order valence-corrected chi connectivity index (χ4v) is 4.03. The van der Waals surface area contributed by atoms with Crippen molar-refractivity contribution in [3.63, 3.8) is 0 Å². The fourth-order valence-electron chi connectivity index (χ4n) is 4.03. The van der Waals surface area contributed by atoms with E-state index in [0.29, 0.717) is 0 Å². The lowest BCUT2D eigenvalue weighted by molar-refractivity contribution is 0.249. The molecule has 25 heavy (non-hydrogen) atoms. The van der Waals surface area contributed by atoms with Gasteiger partial charge in [0, 0.05) is 5.56 Å². The molecule has 3 rings (SSSR count). The third-order valence-electron chi connectivity index (χ3n) is 5.81. The van der Waals surface area contributed by atoms with Crippen molar-refractivity contribution in [2.75, 3.05) is 0 Å². The van der Waals surface area contributed by atoms with Crippen LogP contribution in [-0.2, 0) is 6.42 Å². The number of aryl methyl sites for hydroxylation is 2. The molecule has 1 heterocycles. The van der Waals surface area contributed by atoms with Gasteiger partial charge in [-0.1, -0.05) is 81.7 Å². The van der Waals surface area contributed by atoms with E-state index in [9.17, 15) is 0 Å². The summed E-state index contributed by atoms with van der Waals surface area (Å²) in [5.74, 6) is 1.90. The van der Waals surface area contributed by atoms with E-state index < -0.39 is 0 Å². The van der Waals surface area contributed by atoms with Crippen LogP contribution < -0.4 is 0 Å². The Bertz CT molecular complexity index is 622. The van der Waals surface area contributed by atoms with Crippen LogP contribution in [-0.4, -0.2) is 10.2 Å². The highest BCUT2D eigenvalue weighted by Gasteiger charge is 2.20. The summed E-state index contributed by atoms with van der Waals surface area (Å²) in [5.41, 5.74) is 4.54. The van der Waals surface area contributed by atoms with Crippen LogP contribution in [0.3, 0.4) is 0 Å². The van der Waals surface area contributed by atoms with Crippen molar-refractivity contribution < 1.29 is 0 Å². The highest BCUT2D eigenvalue weighted by atomic mass is 15.1. The number of nitrogens with zero attached hydrogens (tertiary/aromatic N) is 2. The molecule has 1 aliphatic carbocycles. The maximum Gasteiger partial charge on any atom is 0.0929 e. The Hall–Kier alpha value is -1.70. The van der Waals surface area contributed by atoms with Crippen molar-refractivity contribution in [2.24, 2.45) is 11.8 Å². The minimum atomic E-state index is 0.899. The van der Waals surface area contributed by atoms with Gasteiger partial charge in [0.15, 0.2) is 0 Å². The zero-order valence-electron chi connectivity index (χ0n) is 15.9. The molecule has 2 nitrogen and oxygen atoms in total. The van der Waals surface area contributed by atoms with E-state index in [1.54, 1.807) is 0 Å². The van der Waals surface area contributed by atoms with Crippen LogP contribution in [0.1, 0.15) is 69.5 Å². The maximum atomic E-state index is 4.47. The standard InChI is InChI=1S/C23H32N2/c1-3-4-5-19-8-10-20(11-9-19)12-15-22-16-17-23(25-24-22)21-13-6-18(2)7-14-21/h6-7,13-14,16-17,19-20H,3-5,8-12,15H2,1-2H3. The molecule has 0 atom stereocenters. The topological polar surface area (TPSA) is 25.8 Å². The molecule has 2 aromatic rings. The first-order chi connectivity index (χ1) is 12.2. The van der Waals surface area contributed by atoms with Gasteiger partial charge in [0.2, 0.25) is 0 Å². The average Bonchev–Trinajstić information content (AvgIpc) is 2.67. The van der Waals surface area contributed by atoms with Crippen LogP contribution in [0.5, 0.6) is 0 Å². The van der Waals surface area contributed by atoms with Gasteiger partial charge in [-0.25, -0.2) is 0 Å². The van der Waals surface area contributed by atoms with Crippen LogP contribution in [0.25, 0.3) is 11.3 Å². The van der Waals surface area contributed by atoms with Gasteiger partial charge < -0.3 is 0 Å². The predicted molar refractivity (Wildman–Crippen MR) is 105 cm³/mol. The molecule has 1 aromatic carbocycles. The molecule has 0 bridgehead atoms. The predicted octanol–water partition coefficient (Wildman–Crippen LogP) is 6.38. The van der Waals surface area contributed by atoms with Gasteiger partial charge in [0.25, 0.3) is 0 Å². The van der Waals surface area contributed by atoms with Crippen LogP contribution >= 0.6 is 0 Å². The van der Waals surface area contributed by atoms with E-state index in [1.165, 1.54) is 56.9 Å². The van der Waals surface area contributed by atoms with Crippen molar-refractivity contribution in [1.29, 1.82) is 0 Å². The highest BCUT2D eigenvalue weighted by Crippen LogP contribution is 2.34. The van der Waals surface area contributed by atoms with Crippen molar-refractivity contribution >= 4 is 0 Å². The van der Waals surface area contributed by atoms with E-state index >= 15 is 0 Å². The van der Waals surface area contributed by atoms with E-state index in [-0.39, 0.29) is 0 Å². The zero-order valence-corrected chi connectivity index (χ0v) is 15.9. The van der Waals surface area contributed by atoms with Gasteiger partial charge in [-0.2, -0.15) is 10.2 Å². The summed E-state index contributed by atoms with van der Waals surface area (Å²) in [6.45, 7) is 4.41. The summed E-state index contributed by atoms with van der Waals surface area (Å²) in [5, 5.41) is 8.91. The number of unbranched alkanes of at least 4 members (excludes halogenated alkanes) is 1. The first-order valence-electron chi connectivity index (χ1n) is 10.1. The molecule has 0 saturated heterocycles. The Kier molecular flexibility index (Phi) is 6.61. The second-order valence-corrected chi connectivity index (χ2v) is 7.84. The lowest BCUT2D eigenvalue weighted by Gasteiger charge is -2.28. The Morgan fingerprint density at radius 2 is 1.52 bits per heavy atom. The van der Waals surface area contributed by atoms with Crippen LogP contribution in [0, 0.1) is 18.8 Å². The Balaban J connectivity index is 1.45. The summed E-state index contributed by atoms with van der Waals surface area (Å²) in [7, 11) is 0. The molecule has 0 N–H and O–H groups in total. The Morgan fingerprint density at radius 3 is 2.12 bits per heavy atom. The van der Waals surface area contributed by atoms with E-state index in [1.807, 2.05) is 0 Å². The average molecular weight is 337 g/mol. The molecule has 134 valence electrons. The van der Waals surface area contributed by atoms with E-state index in [2.05, 4.69) is 60.4 Å². The molecule has 0 amide bonds. The quantitative estimate of drug-likeness (QED) is 0.586. The normalized spacial score (nSPS) is 20.6. The van der Waals surface area contributed by atoms with Gasteiger partial charge in [0.1, 0.15) is 0 Å². The van der Waals surface area contributed by atoms with Crippen LogP contribution in [0.15, 0.2) is 36.4 Å². The van der Waals surface area contributed by atoms with Gasteiger partial charge in [-0.3, -0.25) is 0 Å². The maximum absolute atomic E-state index is 4.47. The number of rotatable bonds is 7. The summed E-state index contributed by atoms with van der Waals surface area (Å²) in [6.07, 6.45) is 12.3. The third-order valence-corrected chi connectivity index (χ3v) is 5.81. The molecule has 0 aliphatic heterocycles. The summed E-state index contributed by atoms with van der Waals surface area (Å²) in [6, 6.07) is 12.8. The van der Waals surface area contributed by atoms with E-state index in [4.69, 9.17) is 0 Å². The number of hydrogen-bond acceptors (Lipinski definition) is 2. The molecular formula is C23H32N2. The van der Waals surface area contributed by atoms with Crippen molar-refractivity contribution in [3.05, 3.63) is 47.7 Å². The number of benzene rings is 1. The van der Waals surface area contributed by atoms with Gasteiger partial charge >= 0.3 is 0 Å². The monoisotopic (exact) mass is 336 g/mol. The molecular weight excluding hydrogens is 304 g/mol. The molecule has 0 radical (unpaired) electrons. The molecule has 0 unspecified atom stereocenters. The van der Waals surface area contributed by atoms with Crippen LogP contribution in [0.2, 0.25) is 0 Å². The molecule has 1 fully saturated rings. The summed E-state index contributed by atoms with van der Waals surface area (Å²) < 4.78 is 0. The summed E-state index contributed by atoms with van der Waals surface area (Å²) >= 11 is 0. The van der Waals surface area contributed by atoms with Crippen molar-refractivity contribution in [2.45, 2.75) is 71.6 Å². The van der Waals surface area contributed by atoms with Gasteiger partial charge in [-0.15, -0.1) is 0 Å². The number of hydrogen-bond donors (Lipinski definition) is 0. The Labute approximate surface area is 153 Å². The van der Waals surface area contributed by atoms with E-state index in [0.717, 1.165) is 35.2 Å². The second-order valence-electron chi connectivity index (χ2n) is 7.84. The minimum absolute atomic E-state index is 0.899. The molecule has 2 heteroatoms. The molecule has 0 spiro atoms. The van der Waals surface area contributed by atoms with Gasteiger partial charge in [0.05, 0.1) is 11.4 Å². The molecule has 1 aliphatic rings. The van der Waals surface area contributed by atoms with Crippen molar-refractivity contribution in [1.82, 2.24) is 10.2 Å². The largest absolute Gasteiger partial charge is 0.155 e. The smallest absolute Gasteiger partial charge is 0.0929 e. The molecule has 1 aromatic heterocycles. The second kappa shape index (κ2) is 9.12. The zero-order chi connectivity index (χ0) is 17.5. The van der Waals surface area contributed by atoms with Crippen molar-refractivity contribution in [3.8, 4) is 11.3 Å². The summed E-state index contributed by atoms with van der Waals surface area (Å²) in [4.78, 5) is 0. The van der Waals surface area contributed by atoms with Crippen LogP contribution in [0.4, 0.5) is 0 Å². The number of aromatic nitrogens is 2. The SMILES string of the molecule is CCCCC1CCC(CCc2ccc(-c3ccc(C)cc3)nn2)CC1. The third kappa shape index (κ3) is 5.39. The first kappa shape index (κ1) is 18.1. The highest BCUT2D eigenvalue weighted by molar-refractivity contribution is 5.58.